The Morgan fingerprint density at radius 1 is 1.00 bits per heavy atom. The van der Waals surface area contributed by atoms with Crippen LogP contribution in [0, 0.1) is 0 Å². The molecule has 0 saturated heterocycles. The number of aryl methyl sites for hydroxylation is 2. The molecule has 0 spiro atoms. The van der Waals surface area contributed by atoms with Crippen LogP contribution in [0.5, 0.6) is 5.75 Å². The van der Waals surface area contributed by atoms with Crippen molar-refractivity contribution in [2.75, 3.05) is 5.32 Å². The molecular weight excluding hydrogens is 286 g/mol. The predicted octanol–water partition coefficient (Wildman–Crippen LogP) is 4.61. The molecule has 2 aromatic rings. The molecule has 2 rings (SSSR count). The molecule has 0 aliphatic rings. The van der Waals surface area contributed by atoms with Crippen molar-refractivity contribution < 1.29 is 9.53 Å². The Morgan fingerprint density at radius 2 is 1.70 bits per heavy atom. The van der Waals surface area contributed by atoms with Crippen molar-refractivity contribution in [1.29, 1.82) is 0 Å². The fourth-order valence-corrected chi connectivity index (χ4v) is 2.45. The Morgan fingerprint density at radius 3 is 2.30 bits per heavy atom. The monoisotopic (exact) mass is 311 g/mol. The van der Waals surface area contributed by atoms with Crippen LogP contribution in [0.25, 0.3) is 0 Å². The smallest absolute Gasteiger partial charge is 0.265 e. The minimum atomic E-state index is -0.493. The standard InChI is InChI=1S/C20H25NO2/c1-4-15-11-13-17(14-12-15)23-19(6-3)20(22)21-18-10-8-7-9-16(18)5-2/h7-14,19H,4-6H2,1-3H3,(H,21,22)/t19-/m0/s1. The van der Waals surface area contributed by atoms with Crippen LogP contribution < -0.4 is 10.1 Å². The Bertz CT molecular complexity index is 634. The number of hydrogen-bond donors (Lipinski definition) is 1. The van der Waals surface area contributed by atoms with Gasteiger partial charge in [-0.2, -0.15) is 0 Å². The van der Waals surface area contributed by atoms with Crippen LogP contribution in [0.1, 0.15) is 38.3 Å². The molecule has 3 heteroatoms. The van der Waals surface area contributed by atoms with Crippen LogP contribution in [-0.2, 0) is 17.6 Å². The second kappa shape index (κ2) is 8.37. The van der Waals surface area contributed by atoms with Crippen LogP contribution in [0.2, 0.25) is 0 Å². The van der Waals surface area contributed by atoms with Gasteiger partial charge in [-0.15, -0.1) is 0 Å². The van der Waals surface area contributed by atoms with Crippen LogP contribution in [0.15, 0.2) is 48.5 Å². The third kappa shape index (κ3) is 4.59. The van der Waals surface area contributed by atoms with E-state index in [1.165, 1.54) is 5.56 Å². The summed E-state index contributed by atoms with van der Waals surface area (Å²) in [5.41, 5.74) is 3.25. The first-order valence-electron chi connectivity index (χ1n) is 8.32. The molecule has 1 amide bonds. The van der Waals surface area contributed by atoms with Gasteiger partial charge in [0.25, 0.3) is 5.91 Å². The third-order valence-corrected chi connectivity index (χ3v) is 3.93. The lowest BCUT2D eigenvalue weighted by Gasteiger charge is -2.18. The number of rotatable bonds is 7. The van der Waals surface area contributed by atoms with Gasteiger partial charge in [0.2, 0.25) is 0 Å². The first-order valence-corrected chi connectivity index (χ1v) is 8.32. The Balaban J connectivity index is 2.05. The number of amides is 1. The molecule has 2 aromatic carbocycles. The number of benzene rings is 2. The van der Waals surface area contributed by atoms with Gasteiger partial charge in [-0.1, -0.05) is 51.1 Å². The van der Waals surface area contributed by atoms with E-state index in [-0.39, 0.29) is 5.91 Å². The van der Waals surface area contributed by atoms with Gasteiger partial charge in [0.05, 0.1) is 0 Å². The molecule has 0 aliphatic heterocycles. The molecule has 0 bridgehead atoms. The number of ether oxygens (including phenoxy) is 1. The highest BCUT2D eigenvalue weighted by Crippen LogP contribution is 2.19. The van der Waals surface area contributed by atoms with Crippen molar-refractivity contribution >= 4 is 11.6 Å². The Kier molecular flexibility index (Phi) is 6.21. The average molecular weight is 311 g/mol. The fourth-order valence-electron chi connectivity index (χ4n) is 2.45. The number of hydrogen-bond acceptors (Lipinski definition) is 2. The highest BCUT2D eigenvalue weighted by atomic mass is 16.5. The lowest BCUT2D eigenvalue weighted by atomic mass is 10.1. The molecule has 1 atom stereocenters. The van der Waals surface area contributed by atoms with E-state index in [0.29, 0.717) is 6.42 Å². The molecule has 0 fully saturated rings. The third-order valence-electron chi connectivity index (χ3n) is 3.93. The van der Waals surface area contributed by atoms with Gasteiger partial charge in [-0.3, -0.25) is 4.79 Å². The Hall–Kier alpha value is -2.29. The molecule has 122 valence electrons. The predicted molar refractivity (Wildman–Crippen MR) is 95.0 cm³/mol. The quantitative estimate of drug-likeness (QED) is 0.811. The Labute approximate surface area is 138 Å². The van der Waals surface area contributed by atoms with Crippen LogP contribution in [0.4, 0.5) is 5.69 Å². The second-order valence-corrected chi connectivity index (χ2v) is 5.51. The van der Waals surface area contributed by atoms with Crippen molar-refractivity contribution in [3.8, 4) is 5.75 Å². The van der Waals surface area contributed by atoms with Crippen LogP contribution >= 0.6 is 0 Å². The van der Waals surface area contributed by atoms with Crippen molar-refractivity contribution in [2.45, 2.75) is 46.1 Å². The largest absolute Gasteiger partial charge is 0.481 e. The SMILES string of the molecule is CCc1ccc(O[C@@H](CC)C(=O)Nc2ccccc2CC)cc1. The molecule has 0 radical (unpaired) electrons. The molecule has 0 aliphatic carbocycles. The number of nitrogens with one attached hydrogen (secondary N) is 1. The average Bonchev–Trinajstić information content (AvgIpc) is 2.60. The number of carbonyl (C=O) groups excluding carboxylic acids is 1. The van der Waals surface area contributed by atoms with E-state index in [1.807, 2.05) is 55.5 Å². The van der Waals surface area contributed by atoms with Gasteiger partial charge in [-0.05, 0) is 48.6 Å². The number of anilines is 1. The summed E-state index contributed by atoms with van der Waals surface area (Å²) in [4.78, 5) is 12.5. The first kappa shape index (κ1) is 17.1. The highest BCUT2D eigenvalue weighted by molar-refractivity contribution is 5.95. The molecule has 1 N–H and O–H groups in total. The fraction of sp³-hybridized carbons (Fsp3) is 0.350. The van der Waals surface area contributed by atoms with Gasteiger partial charge in [0.1, 0.15) is 5.75 Å². The summed E-state index contributed by atoms with van der Waals surface area (Å²) in [5, 5.41) is 2.99. The zero-order valence-electron chi connectivity index (χ0n) is 14.1. The minimum Gasteiger partial charge on any atom is -0.481 e. The molecule has 0 heterocycles. The summed E-state index contributed by atoms with van der Waals surface area (Å²) in [5.74, 6) is 0.626. The lowest BCUT2D eigenvalue weighted by Crippen LogP contribution is -2.32. The van der Waals surface area contributed by atoms with Crippen molar-refractivity contribution in [2.24, 2.45) is 0 Å². The molecule has 23 heavy (non-hydrogen) atoms. The summed E-state index contributed by atoms with van der Waals surface area (Å²) in [6.07, 6.45) is 2.00. The zero-order chi connectivity index (χ0) is 16.7. The first-order chi connectivity index (χ1) is 11.2. The normalized spacial score (nSPS) is 11.8. The van der Waals surface area contributed by atoms with Crippen LogP contribution in [-0.4, -0.2) is 12.0 Å². The summed E-state index contributed by atoms with van der Waals surface area (Å²) < 4.78 is 5.86. The van der Waals surface area contributed by atoms with Gasteiger partial charge in [0.15, 0.2) is 6.10 Å². The van der Waals surface area contributed by atoms with E-state index >= 15 is 0 Å². The van der Waals surface area contributed by atoms with Gasteiger partial charge < -0.3 is 10.1 Å². The van der Waals surface area contributed by atoms with Crippen LogP contribution in [0.3, 0.4) is 0 Å². The molecule has 0 aromatic heterocycles. The minimum absolute atomic E-state index is 0.104. The summed E-state index contributed by atoms with van der Waals surface area (Å²) >= 11 is 0. The van der Waals surface area contributed by atoms with E-state index in [2.05, 4.69) is 19.2 Å². The topological polar surface area (TPSA) is 38.3 Å². The summed E-state index contributed by atoms with van der Waals surface area (Å²) in [6.45, 7) is 6.15. The molecule has 0 unspecified atom stereocenters. The van der Waals surface area contributed by atoms with E-state index in [4.69, 9.17) is 4.74 Å². The lowest BCUT2D eigenvalue weighted by molar-refractivity contribution is -0.122. The zero-order valence-corrected chi connectivity index (χ0v) is 14.1. The molecule has 0 saturated carbocycles. The van der Waals surface area contributed by atoms with E-state index in [1.54, 1.807) is 0 Å². The van der Waals surface area contributed by atoms with Gasteiger partial charge in [-0.25, -0.2) is 0 Å². The van der Waals surface area contributed by atoms with E-state index in [0.717, 1.165) is 29.8 Å². The van der Waals surface area contributed by atoms with Crippen molar-refractivity contribution in [3.63, 3.8) is 0 Å². The maximum Gasteiger partial charge on any atom is 0.265 e. The number of para-hydroxylation sites is 1. The maximum atomic E-state index is 12.5. The molecular formula is C20H25NO2. The molecule has 3 nitrogen and oxygen atoms in total. The van der Waals surface area contributed by atoms with E-state index < -0.39 is 6.10 Å². The maximum absolute atomic E-state index is 12.5. The highest BCUT2D eigenvalue weighted by Gasteiger charge is 2.19. The van der Waals surface area contributed by atoms with Gasteiger partial charge >= 0.3 is 0 Å². The summed E-state index contributed by atoms with van der Waals surface area (Å²) in [6, 6.07) is 15.8. The second-order valence-electron chi connectivity index (χ2n) is 5.51. The summed E-state index contributed by atoms with van der Waals surface area (Å²) in [7, 11) is 0. The van der Waals surface area contributed by atoms with E-state index in [9.17, 15) is 4.79 Å². The van der Waals surface area contributed by atoms with Crippen molar-refractivity contribution in [1.82, 2.24) is 0 Å². The van der Waals surface area contributed by atoms with Crippen molar-refractivity contribution in [3.05, 3.63) is 59.7 Å². The number of carbonyl (C=O) groups is 1. The van der Waals surface area contributed by atoms with Gasteiger partial charge in [0, 0.05) is 5.69 Å².